The number of aliphatic hydroxyl groups excluding tert-OH is 1. The van der Waals surface area contributed by atoms with Crippen molar-refractivity contribution in [2.75, 3.05) is 52.4 Å². The van der Waals surface area contributed by atoms with Crippen LogP contribution in [0.5, 0.6) is 0 Å². The molecular formula is C13H27N3O2. The predicted molar refractivity (Wildman–Crippen MR) is 72.5 cm³/mol. The highest BCUT2D eigenvalue weighted by molar-refractivity contribution is 5.80. The van der Waals surface area contributed by atoms with Crippen molar-refractivity contribution < 1.29 is 9.90 Å². The van der Waals surface area contributed by atoms with Crippen molar-refractivity contribution in [2.24, 2.45) is 0 Å². The molecule has 0 spiro atoms. The molecule has 0 aliphatic carbocycles. The molecule has 0 aromatic carbocycles. The van der Waals surface area contributed by atoms with Gasteiger partial charge in [0.15, 0.2) is 0 Å². The first-order valence-corrected chi connectivity index (χ1v) is 7.00. The van der Waals surface area contributed by atoms with E-state index in [2.05, 4.69) is 23.6 Å². The summed E-state index contributed by atoms with van der Waals surface area (Å²) in [5, 5.41) is 9.27. The number of hydrogen-bond donors (Lipinski definition) is 1. The molecule has 5 heteroatoms. The fraction of sp³-hybridized carbons (Fsp3) is 0.923. The Morgan fingerprint density at radius 2 is 1.78 bits per heavy atom. The molecular weight excluding hydrogens is 230 g/mol. The van der Waals surface area contributed by atoms with E-state index < -0.39 is 6.10 Å². The largest absolute Gasteiger partial charge is 0.384 e. The Labute approximate surface area is 110 Å². The molecule has 0 saturated carbocycles. The molecule has 1 heterocycles. The lowest BCUT2D eigenvalue weighted by Crippen LogP contribution is -2.52. The first-order chi connectivity index (χ1) is 8.58. The molecule has 1 atom stereocenters. The van der Waals surface area contributed by atoms with Gasteiger partial charge < -0.3 is 14.9 Å². The van der Waals surface area contributed by atoms with E-state index in [0.29, 0.717) is 0 Å². The van der Waals surface area contributed by atoms with Gasteiger partial charge in [0.1, 0.15) is 6.10 Å². The first-order valence-electron chi connectivity index (χ1n) is 7.00. The van der Waals surface area contributed by atoms with E-state index in [1.165, 1.54) is 6.92 Å². The molecule has 1 fully saturated rings. The summed E-state index contributed by atoms with van der Waals surface area (Å²) in [7, 11) is 0. The molecule has 0 bridgehead atoms. The summed E-state index contributed by atoms with van der Waals surface area (Å²) >= 11 is 0. The quantitative estimate of drug-likeness (QED) is 0.719. The van der Waals surface area contributed by atoms with Crippen LogP contribution in [0.15, 0.2) is 0 Å². The minimum atomic E-state index is -0.868. The molecule has 0 aromatic heterocycles. The fourth-order valence-corrected chi connectivity index (χ4v) is 2.28. The molecule has 5 nitrogen and oxygen atoms in total. The standard InChI is InChI=1S/C13H27N3O2/c1-4-14(5-2)6-7-15-8-10-16(11-9-15)13(18)12(3)17/h12,17H,4-11H2,1-3H3/t12-/m0/s1. The van der Waals surface area contributed by atoms with Gasteiger partial charge in [-0.1, -0.05) is 13.8 Å². The van der Waals surface area contributed by atoms with Gasteiger partial charge >= 0.3 is 0 Å². The zero-order valence-corrected chi connectivity index (χ0v) is 11.9. The maximum atomic E-state index is 11.6. The summed E-state index contributed by atoms with van der Waals surface area (Å²) in [5.74, 6) is -0.140. The Balaban J connectivity index is 2.25. The molecule has 0 radical (unpaired) electrons. The van der Waals surface area contributed by atoms with E-state index in [-0.39, 0.29) is 5.91 Å². The van der Waals surface area contributed by atoms with Gasteiger partial charge in [0.05, 0.1) is 0 Å². The Kier molecular flexibility index (Phi) is 6.60. The van der Waals surface area contributed by atoms with Crippen molar-refractivity contribution in [1.29, 1.82) is 0 Å². The highest BCUT2D eigenvalue weighted by atomic mass is 16.3. The summed E-state index contributed by atoms with van der Waals surface area (Å²) in [6, 6.07) is 0. The van der Waals surface area contributed by atoms with Gasteiger partial charge in [0.25, 0.3) is 5.91 Å². The normalized spacial score (nSPS) is 19.3. The third kappa shape index (κ3) is 4.55. The van der Waals surface area contributed by atoms with Gasteiger partial charge in [-0.15, -0.1) is 0 Å². The Morgan fingerprint density at radius 1 is 1.22 bits per heavy atom. The smallest absolute Gasteiger partial charge is 0.251 e. The van der Waals surface area contributed by atoms with Crippen LogP contribution >= 0.6 is 0 Å². The van der Waals surface area contributed by atoms with E-state index in [1.54, 1.807) is 4.90 Å². The van der Waals surface area contributed by atoms with Crippen LogP contribution in [0.2, 0.25) is 0 Å². The molecule has 0 unspecified atom stereocenters. The minimum Gasteiger partial charge on any atom is -0.384 e. The van der Waals surface area contributed by atoms with Gasteiger partial charge in [-0.2, -0.15) is 0 Å². The molecule has 0 aromatic rings. The van der Waals surface area contributed by atoms with E-state index in [1.807, 2.05) is 0 Å². The van der Waals surface area contributed by atoms with Crippen LogP contribution in [-0.2, 0) is 4.79 Å². The Hall–Kier alpha value is -0.650. The van der Waals surface area contributed by atoms with Crippen LogP contribution in [0.3, 0.4) is 0 Å². The minimum absolute atomic E-state index is 0.140. The van der Waals surface area contributed by atoms with Crippen LogP contribution < -0.4 is 0 Å². The third-order valence-corrected chi connectivity index (χ3v) is 3.67. The number of amides is 1. The molecule has 106 valence electrons. The van der Waals surface area contributed by atoms with Crippen LogP contribution in [0.4, 0.5) is 0 Å². The number of carbonyl (C=O) groups excluding carboxylic acids is 1. The summed E-state index contributed by atoms with van der Waals surface area (Å²) in [4.78, 5) is 18.2. The number of carbonyl (C=O) groups is 1. The maximum absolute atomic E-state index is 11.6. The molecule has 1 amide bonds. The lowest BCUT2D eigenvalue weighted by molar-refractivity contribution is -0.141. The highest BCUT2D eigenvalue weighted by Crippen LogP contribution is 2.04. The first kappa shape index (κ1) is 15.4. The van der Waals surface area contributed by atoms with Crippen molar-refractivity contribution in [2.45, 2.75) is 26.9 Å². The van der Waals surface area contributed by atoms with Crippen molar-refractivity contribution in [3.63, 3.8) is 0 Å². The Morgan fingerprint density at radius 3 is 2.22 bits per heavy atom. The zero-order valence-electron chi connectivity index (χ0n) is 11.9. The number of rotatable bonds is 6. The number of nitrogens with zero attached hydrogens (tertiary/aromatic N) is 3. The van der Waals surface area contributed by atoms with E-state index in [0.717, 1.165) is 52.4 Å². The van der Waals surface area contributed by atoms with Crippen LogP contribution in [0.25, 0.3) is 0 Å². The van der Waals surface area contributed by atoms with Crippen molar-refractivity contribution in [3.05, 3.63) is 0 Å². The molecule has 1 saturated heterocycles. The van der Waals surface area contributed by atoms with E-state index in [4.69, 9.17) is 0 Å². The highest BCUT2D eigenvalue weighted by Gasteiger charge is 2.23. The number of piperazine rings is 1. The summed E-state index contributed by atoms with van der Waals surface area (Å²) in [5.41, 5.74) is 0. The summed E-state index contributed by atoms with van der Waals surface area (Å²) < 4.78 is 0. The monoisotopic (exact) mass is 257 g/mol. The maximum Gasteiger partial charge on any atom is 0.251 e. The second-order valence-electron chi connectivity index (χ2n) is 4.87. The lowest BCUT2D eigenvalue weighted by Gasteiger charge is -2.36. The van der Waals surface area contributed by atoms with Gasteiger partial charge in [0.2, 0.25) is 0 Å². The molecule has 1 aliphatic rings. The van der Waals surface area contributed by atoms with Gasteiger partial charge in [-0.3, -0.25) is 9.69 Å². The van der Waals surface area contributed by atoms with Gasteiger partial charge in [-0.05, 0) is 20.0 Å². The number of aliphatic hydroxyl groups is 1. The topological polar surface area (TPSA) is 47.0 Å². The number of likely N-dealkylation sites (N-methyl/N-ethyl adjacent to an activating group) is 1. The van der Waals surface area contributed by atoms with Crippen LogP contribution in [0, 0.1) is 0 Å². The lowest BCUT2D eigenvalue weighted by atomic mass is 10.2. The third-order valence-electron chi connectivity index (χ3n) is 3.67. The SMILES string of the molecule is CCN(CC)CCN1CCN(C(=O)[C@H](C)O)CC1. The molecule has 18 heavy (non-hydrogen) atoms. The summed E-state index contributed by atoms with van der Waals surface area (Å²) in [6.07, 6.45) is -0.868. The van der Waals surface area contributed by atoms with Crippen molar-refractivity contribution in [1.82, 2.24) is 14.7 Å². The zero-order chi connectivity index (χ0) is 13.5. The van der Waals surface area contributed by atoms with Crippen molar-refractivity contribution in [3.8, 4) is 0 Å². The van der Waals surface area contributed by atoms with Crippen LogP contribution in [0.1, 0.15) is 20.8 Å². The molecule has 1 aliphatic heterocycles. The second kappa shape index (κ2) is 7.71. The van der Waals surface area contributed by atoms with E-state index >= 15 is 0 Å². The molecule has 1 rings (SSSR count). The van der Waals surface area contributed by atoms with E-state index in [9.17, 15) is 9.90 Å². The van der Waals surface area contributed by atoms with Crippen molar-refractivity contribution >= 4 is 5.91 Å². The van der Waals surface area contributed by atoms with Gasteiger partial charge in [0, 0.05) is 39.3 Å². The average molecular weight is 257 g/mol. The second-order valence-corrected chi connectivity index (χ2v) is 4.87. The molecule has 1 N–H and O–H groups in total. The summed E-state index contributed by atoms with van der Waals surface area (Å²) in [6.45, 7) is 13.6. The Bertz CT molecular complexity index is 247. The number of hydrogen-bond acceptors (Lipinski definition) is 4. The van der Waals surface area contributed by atoms with Gasteiger partial charge in [-0.25, -0.2) is 0 Å². The average Bonchev–Trinajstić information content (AvgIpc) is 2.39. The van der Waals surface area contributed by atoms with Crippen LogP contribution in [-0.4, -0.2) is 84.2 Å². The fourth-order valence-electron chi connectivity index (χ4n) is 2.28. The predicted octanol–water partition coefficient (Wildman–Crippen LogP) is -0.147.